The first-order chi connectivity index (χ1) is 6.27. The lowest BCUT2D eigenvalue weighted by Gasteiger charge is -1.88. The highest BCUT2D eigenvalue weighted by Crippen LogP contribution is 1.85. The largest absolute Gasteiger partial charge is 0.392 e. The number of hydrogen-bond acceptors (Lipinski definition) is 2. The number of hydrogen-bond donors (Lipinski definition) is 2. The Morgan fingerprint density at radius 1 is 1.00 bits per heavy atom. The van der Waals surface area contributed by atoms with Crippen molar-refractivity contribution >= 4 is 0 Å². The molecule has 0 fully saturated rings. The number of rotatable bonds is 5. The van der Waals surface area contributed by atoms with Crippen LogP contribution in [0.1, 0.15) is 6.92 Å². The summed E-state index contributed by atoms with van der Waals surface area (Å²) in [6, 6.07) is 0. The van der Waals surface area contributed by atoms with Crippen LogP contribution in [0, 0.1) is 0 Å². The Balaban J connectivity index is 3.62. The van der Waals surface area contributed by atoms with Crippen LogP contribution in [0.2, 0.25) is 0 Å². The molecule has 0 aliphatic heterocycles. The van der Waals surface area contributed by atoms with Crippen molar-refractivity contribution < 1.29 is 10.2 Å². The molecule has 1 unspecified atom stereocenters. The van der Waals surface area contributed by atoms with Crippen molar-refractivity contribution in [1.82, 2.24) is 0 Å². The summed E-state index contributed by atoms with van der Waals surface area (Å²) in [7, 11) is 0. The molecule has 0 heterocycles. The molecule has 1 atom stereocenters. The minimum atomic E-state index is -0.400. The van der Waals surface area contributed by atoms with Gasteiger partial charge in [0.2, 0.25) is 0 Å². The van der Waals surface area contributed by atoms with Gasteiger partial charge in [0, 0.05) is 0 Å². The number of allylic oxidation sites excluding steroid dienone is 6. The highest BCUT2D eigenvalue weighted by atomic mass is 16.3. The number of aliphatic hydroxyl groups excluding tert-OH is 2. The third-order valence-electron chi connectivity index (χ3n) is 1.19. The third-order valence-corrected chi connectivity index (χ3v) is 1.19. The molecule has 13 heavy (non-hydrogen) atoms. The van der Waals surface area contributed by atoms with E-state index in [1.54, 1.807) is 31.2 Å². The summed E-state index contributed by atoms with van der Waals surface area (Å²) in [4.78, 5) is 0. The Bertz CT molecular complexity index is 210. The molecule has 0 amide bonds. The number of aliphatic hydroxyl groups is 2. The highest BCUT2D eigenvalue weighted by molar-refractivity contribution is 5.15. The van der Waals surface area contributed by atoms with Crippen molar-refractivity contribution in [3.63, 3.8) is 0 Å². The second-order valence-electron chi connectivity index (χ2n) is 2.51. The molecule has 0 aromatic carbocycles. The molecule has 0 aromatic heterocycles. The molecule has 0 rings (SSSR count). The van der Waals surface area contributed by atoms with Gasteiger partial charge < -0.3 is 10.2 Å². The summed E-state index contributed by atoms with van der Waals surface area (Å²) in [5.41, 5.74) is 0. The van der Waals surface area contributed by atoms with Crippen LogP contribution in [0.15, 0.2) is 48.6 Å². The molecule has 0 aromatic rings. The Morgan fingerprint density at radius 2 is 1.54 bits per heavy atom. The van der Waals surface area contributed by atoms with Crippen molar-refractivity contribution in [2.24, 2.45) is 0 Å². The van der Waals surface area contributed by atoms with E-state index in [0.717, 1.165) is 0 Å². The van der Waals surface area contributed by atoms with Crippen molar-refractivity contribution in [2.45, 2.75) is 13.0 Å². The average molecular weight is 180 g/mol. The average Bonchev–Trinajstić information content (AvgIpc) is 2.09. The Morgan fingerprint density at radius 3 is 2.08 bits per heavy atom. The molecule has 0 radical (unpaired) electrons. The van der Waals surface area contributed by atoms with E-state index < -0.39 is 6.10 Å². The standard InChI is InChI=1S/C11H16O2/c1-11(13)9-7-5-3-2-4-6-8-10-12/h2-9,11-13H,10H2,1H3/b4-2+,5-3-,8-6+,9-7+. The molecule has 0 aliphatic rings. The van der Waals surface area contributed by atoms with Crippen LogP contribution < -0.4 is 0 Å². The zero-order valence-corrected chi connectivity index (χ0v) is 7.80. The first-order valence-corrected chi connectivity index (χ1v) is 4.23. The van der Waals surface area contributed by atoms with Crippen LogP contribution in [0.5, 0.6) is 0 Å². The predicted molar refractivity (Wildman–Crippen MR) is 55.3 cm³/mol. The summed E-state index contributed by atoms with van der Waals surface area (Å²) in [6.07, 6.45) is 13.8. The van der Waals surface area contributed by atoms with Gasteiger partial charge in [0.25, 0.3) is 0 Å². The van der Waals surface area contributed by atoms with Gasteiger partial charge in [-0.3, -0.25) is 0 Å². The third kappa shape index (κ3) is 10.9. The van der Waals surface area contributed by atoms with Gasteiger partial charge >= 0.3 is 0 Å². The second kappa shape index (κ2) is 8.97. The van der Waals surface area contributed by atoms with Gasteiger partial charge in [0.15, 0.2) is 0 Å². The first-order valence-electron chi connectivity index (χ1n) is 4.23. The van der Waals surface area contributed by atoms with Gasteiger partial charge in [0.1, 0.15) is 0 Å². The lowest BCUT2D eigenvalue weighted by Crippen LogP contribution is -1.90. The summed E-state index contributed by atoms with van der Waals surface area (Å²) >= 11 is 0. The Hall–Kier alpha value is -1.12. The molecule has 0 bridgehead atoms. The van der Waals surface area contributed by atoms with E-state index in [-0.39, 0.29) is 6.61 Å². The Labute approximate surface area is 79.2 Å². The summed E-state index contributed by atoms with van der Waals surface area (Å²) in [5.74, 6) is 0. The fourth-order valence-corrected chi connectivity index (χ4v) is 0.621. The molecule has 0 spiro atoms. The quantitative estimate of drug-likeness (QED) is 0.631. The van der Waals surface area contributed by atoms with Gasteiger partial charge in [-0.15, -0.1) is 0 Å². The summed E-state index contributed by atoms with van der Waals surface area (Å²) in [6.45, 7) is 1.76. The normalized spacial score (nSPS) is 15.6. The van der Waals surface area contributed by atoms with Crippen LogP contribution in [-0.2, 0) is 0 Å². The van der Waals surface area contributed by atoms with Gasteiger partial charge in [0.05, 0.1) is 12.7 Å². The molecule has 2 nitrogen and oxygen atoms in total. The molecule has 0 aliphatic carbocycles. The highest BCUT2D eigenvalue weighted by Gasteiger charge is 1.79. The van der Waals surface area contributed by atoms with Crippen LogP contribution in [-0.4, -0.2) is 22.9 Å². The zero-order chi connectivity index (χ0) is 9.94. The van der Waals surface area contributed by atoms with Crippen molar-refractivity contribution in [2.75, 3.05) is 6.61 Å². The molecule has 2 N–H and O–H groups in total. The maximum absolute atomic E-state index is 8.85. The first kappa shape index (κ1) is 11.9. The minimum absolute atomic E-state index is 0.0655. The summed E-state index contributed by atoms with van der Waals surface area (Å²) in [5, 5.41) is 17.2. The molecule has 2 heteroatoms. The lowest BCUT2D eigenvalue weighted by atomic mass is 10.3. The van der Waals surface area contributed by atoms with E-state index in [1.165, 1.54) is 0 Å². The lowest BCUT2D eigenvalue weighted by molar-refractivity contribution is 0.244. The van der Waals surface area contributed by atoms with E-state index >= 15 is 0 Å². The maximum atomic E-state index is 8.85. The monoisotopic (exact) mass is 180 g/mol. The van der Waals surface area contributed by atoms with Gasteiger partial charge in [-0.05, 0) is 6.92 Å². The van der Waals surface area contributed by atoms with Gasteiger partial charge in [-0.2, -0.15) is 0 Å². The van der Waals surface area contributed by atoms with Crippen LogP contribution in [0.3, 0.4) is 0 Å². The van der Waals surface area contributed by atoms with E-state index in [9.17, 15) is 0 Å². The van der Waals surface area contributed by atoms with Crippen LogP contribution >= 0.6 is 0 Å². The molecular weight excluding hydrogens is 164 g/mol. The molecule has 0 saturated heterocycles. The zero-order valence-electron chi connectivity index (χ0n) is 7.80. The summed E-state index contributed by atoms with van der Waals surface area (Å²) < 4.78 is 0. The van der Waals surface area contributed by atoms with E-state index in [4.69, 9.17) is 10.2 Å². The fraction of sp³-hybridized carbons (Fsp3) is 0.273. The van der Waals surface area contributed by atoms with Gasteiger partial charge in [-0.1, -0.05) is 48.6 Å². The second-order valence-corrected chi connectivity index (χ2v) is 2.51. The molecule has 72 valence electrons. The van der Waals surface area contributed by atoms with Crippen molar-refractivity contribution in [3.8, 4) is 0 Å². The molecule has 0 saturated carbocycles. The fourth-order valence-electron chi connectivity index (χ4n) is 0.621. The SMILES string of the molecule is CC(O)/C=C/C=C\C=C\C=C\CO. The van der Waals surface area contributed by atoms with Crippen LogP contribution in [0.25, 0.3) is 0 Å². The predicted octanol–water partition coefficient (Wildman–Crippen LogP) is 1.58. The van der Waals surface area contributed by atoms with Crippen LogP contribution in [0.4, 0.5) is 0 Å². The van der Waals surface area contributed by atoms with E-state index in [0.29, 0.717) is 0 Å². The van der Waals surface area contributed by atoms with E-state index in [1.807, 2.05) is 24.3 Å². The molecular formula is C11H16O2. The maximum Gasteiger partial charge on any atom is 0.0695 e. The van der Waals surface area contributed by atoms with Crippen molar-refractivity contribution in [3.05, 3.63) is 48.6 Å². The van der Waals surface area contributed by atoms with Crippen molar-refractivity contribution in [1.29, 1.82) is 0 Å². The minimum Gasteiger partial charge on any atom is -0.392 e. The van der Waals surface area contributed by atoms with Gasteiger partial charge in [-0.25, -0.2) is 0 Å². The topological polar surface area (TPSA) is 40.5 Å². The Kier molecular flexibility index (Phi) is 8.20. The smallest absolute Gasteiger partial charge is 0.0695 e. The van der Waals surface area contributed by atoms with E-state index in [2.05, 4.69) is 0 Å².